The molecule has 0 saturated carbocycles. The molecule has 7 nitrogen and oxygen atoms in total. The van der Waals surface area contributed by atoms with E-state index in [9.17, 15) is 9.59 Å². The maximum Gasteiger partial charge on any atom is 0.265 e. The van der Waals surface area contributed by atoms with E-state index in [4.69, 9.17) is 44.6 Å². The fourth-order valence-electron chi connectivity index (χ4n) is 3.22. The van der Waals surface area contributed by atoms with Gasteiger partial charge in [0.15, 0.2) is 5.11 Å². The van der Waals surface area contributed by atoms with Crippen LogP contribution < -0.4 is 20.7 Å². The minimum atomic E-state index is -0.456. The number of methoxy groups -OCH3 is 1. The molecule has 0 unspecified atom stereocenters. The van der Waals surface area contributed by atoms with E-state index in [1.807, 2.05) is 5.38 Å². The zero-order chi connectivity index (χ0) is 26.4. The molecule has 11 heteroatoms. The first-order valence-electron chi connectivity index (χ1n) is 10.7. The number of benzene rings is 2. The highest BCUT2D eigenvalue weighted by atomic mass is 35.5. The van der Waals surface area contributed by atoms with Crippen molar-refractivity contribution in [2.45, 2.75) is 0 Å². The van der Waals surface area contributed by atoms with Crippen LogP contribution in [0, 0.1) is 0 Å². The summed E-state index contributed by atoms with van der Waals surface area (Å²) in [6.45, 7) is 0. The van der Waals surface area contributed by atoms with Gasteiger partial charge >= 0.3 is 0 Å². The van der Waals surface area contributed by atoms with Crippen LogP contribution in [-0.2, 0) is 4.79 Å². The van der Waals surface area contributed by atoms with Gasteiger partial charge in [0, 0.05) is 23.4 Å². The number of ether oxygens (including phenoxy) is 1. The average Bonchev–Trinajstić information content (AvgIpc) is 3.58. The Morgan fingerprint density at radius 1 is 1.05 bits per heavy atom. The predicted molar refractivity (Wildman–Crippen MR) is 153 cm³/mol. The highest BCUT2D eigenvalue weighted by Crippen LogP contribution is 2.34. The van der Waals surface area contributed by atoms with Crippen molar-refractivity contribution in [3.8, 4) is 17.1 Å². The number of carbonyl (C=O) groups is 2. The first-order chi connectivity index (χ1) is 17.8. The lowest BCUT2D eigenvalue weighted by molar-refractivity contribution is -0.115. The Bertz CT molecular complexity index is 1480. The van der Waals surface area contributed by atoms with Gasteiger partial charge in [0.2, 0.25) is 5.91 Å². The largest absolute Gasteiger partial charge is 0.494 e. The molecule has 188 valence electrons. The Morgan fingerprint density at radius 3 is 2.65 bits per heavy atom. The van der Waals surface area contributed by atoms with Crippen LogP contribution in [0.4, 0.5) is 11.4 Å². The third kappa shape index (κ3) is 6.78. The smallest absolute Gasteiger partial charge is 0.265 e. The van der Waals surface area contributed by atoms with Crippen LogP contribution in [0.5, 0.6) is 5.75 Å². The molecule has 0 saturated heterocycles. The van der Waals surface area contributed by atoms with Gasteiger partial charge in [-0.3, -0.25) is 14.9 Å². The number of carbonyl (C=O) groups excluding carboxylic acids is 2. The van der Waals surface area contributed by atoms with Crippen molar-refractivity contribution < 1.29 is 18.7 Å². The molecule has 0 fully saturated rings. The molecule has 0 aliphatic carbocycles. The van der Waals surface area contributed by atoms with Gasteiger partial charge in [0.25, 0.3) is 5.91 Å². The van der Waals surface area contributed by atoms with Crippen molar-refractivity contribution >= 4 is 81.1 Å². The summed E-state index contributed by atoms with van der Waals surface area (Å²) >= 11 is 18.9. The fraction of sp³-hybridized carbons (Fsp3) is 0.0385. The van der Waals surface area contributed by atoms with Crippen LogP contribution in [-0.4, -0.2) is 24.0 Å². The molecule has 2 aromatic heterocycles. The monoisotopic (exact) mass is 571 g/mol. The van der Waals surface area contributed by atoms with Crippen LogP contribution in [0.3, 0.4) is 0 Å². The number of thiocarbonyl (C=S) groups is 1. The number of amides is 2. The molecule has 0 bridgehead atoms. The lowest BCUT2D eigenvalue weighted by Gasteiger charge is -2.13. The molecular weight excluding hydrogens is 553 g/mol. The number of rotatable bonds is 7. The summed E-state index contributed by atoms with van der Waals surface area (Å²) in [4.78, 5) is 25.2. The molecular formula is C26H19Cl2N3O4S2. The predicted octanol–water partition coefficient (Wildman–Crippen LogP) is 7.10. The van der Waals surface area contributed by atoms with Crippen LogP contribution in [0.25, 0.3) is 17.4 Å². The fourth-order valence-corrected chi connectivity index (χ4v) is 4.45. The molecule has 0 aliphatic heterocycles. The van der Waals surface area contributed by atoms with Crippen LogP contribution in [0.1, 0.15) is 15.4 Å². The van der Waals surface area contributed by atoms with Gasteiger partial charge in [-0.1, -0.05) is 35.3 Å². The second-order valence-electron chi connectivity index (χ2n) is 7.43. The van der Waals surface area contributed by atoms with Crippen molar-refractivity contribution in [2.24, 2.45) is 0 Å². The van der Waals surface area contributed by atoms with E-state index >= 15 is 0 Å². The maximum atomic E-state index is 12.3. The molecule has 3 N–H and O–H groups in total. The van der Waals surface area contributed by atoms with Crippen LogP contribution in [0.15, 0.2) is 76.5 Å². The summed E-state index contributed by atoms with van der Waals surface area (Å²) in [5, 5.41) is 11.0. The summed E-state index contributed by atoms with van der Waals surface area (Å²) in [5.74, 6) is 0.710. The number of thiophene rings is 1. The zero-order valence-corrected chi connectivity index (χ0v) is 22.4. The Labute approximate surface area is 232 Å². The molecule has 37 heavy (non-hydrogen) atoms. The van der Waals surface area contributed by atoms with Gasteiger partial charge in [-0.25, -0.2) is 0 Å². The first-order valence-corrected chi connectivity index (χ1v) is 12.8. The topological polar surface area (TPSA) is 92.6 Å². The summed E-state index contributed by atoms with van der Waals surface area (Å²) in [5.41, 5.74) is 1.71. The molecule has 0 aliphatic rings. The molecule has 0 radical (unpaired) electrons. The second kappa shape index (κ2) is 12.1. The van der Waals surface area contributed by atoms with Crippen molar-refractivity contribution in [3.05, 3.63) is 92.8 Å². The van der Waals surface area contributed by atoms with E-state index in [0.29, 0.717) is 49.1 Å². The number of hydrogen-bond acceptors (Lipinski definition) is 6. The molecule has 4 rings (SSSR count). The Kier molecular flexibility index (Phi) is 8.62. The van der Waals surface area contributed by atoms with E-state index in [-0.39, 0.29) is 11.0 Å². The molecule has 0 spiro atoms. The standard InChI is InChI=1S/C26H19Cl2N3O4S2/c1-34-21-14-15(7-10-19(21)30-25(33)22-6-3-13-37-22)29-26(36)31-23(32)12-9-16-8-11-20(35-16)17-4-2-5-18(27)24(17)28/h2-14H,1H3,(H,30,33)(H2,29,31,32,36). The summed E-state index contributed by atoms with van der Waals surface area (Å²) in [6, 6.07) is 17.3. The first kappa shape index (κ1) is 26.4. The second-order valence-corrected chi connectivity index (χ2v) is 9.57. The van der Waals surface area contributed by atoms with Gasteiger partial charge in [-0.15, -0.1) is 11.3 Å². The summed E-state index contributed by atoms with van der Waals surface area (Å²) in [6.07, 6.45) is 2.80. The minimum Gasteiger partial charge on any atom is -0.494 e. The van der Waals surface area contributed by atoms with E-state index in [1.54, 1.807) is 60.7 Å². The van der Waals surface area contributed by atoms with E-state index < -0.39 is 5.91 Å². The van der Waals surface area contributed by atoms with Gasteiger partial charge < -0.3 is 19.8 Å². The van der Waals surface area contributed by atoms with E-state index in [1.165, 1.54) is 30.6 Å². The normalized spacial score (nSPS) is 10.8. The van der Waals surface area contributed by atoms with Crippen molar-refractivity contribution in [3.63, 3.8) is 0 Å². The molecule has 2 amide bonds. The Hall–Kier alpha value is -3.63. The third-order valence-corrected chi connectivity index (χ3v) is 6.82. The lowest BCUT2D eigenvalue weighted by atomic mass is 10.2. The molecule has 0 atom stereocenters. The maximum absolute atomic E-state index is 12.3. The van der Waals surface area contributed by atoms with Crippen molar-refractivity contribution in [2.75, 3.05) is 17.7 Å². The molecule has 2 heterocycles. The summed E-state index contributed by atoms with van der Waals surface area (Å²) < 4.78 is 11.1. The van der Waals surface area contributed by atoms with Gasteiger partial charge in [-0.2, -0.15) is 0 Å². The average molecular weight is 572 g/mol. The highest BCUT2D eigenvalue weighted by molar-refractivity contribution is 7.80. The van der Waals surface area contributed by atoms with Crippen molar-refractivity contribution in [1.29, 1.82) is 0 Å². The minimum absolute atomic E-state index is 0.0814. The number of anilines is 2. The van der Waals surface area contributed by atoms with E-state index in [2.05, 4.69) is 16.0 Å². The summed E-state index contributed by atoms with van der Waals surface area (Å²) in [7, 11) is 1.49. The van der Waals surface area contributed by atoms with Crippen LogP contribution in [0.2, 0.25) is 10.0 Å². The van der Waals surface area contributed by atoms with Gasteiger partial charge in [0.1, 0.15) is 17.3 Å². The lowest BCUT2D eigenvalue weighted by Crippen LogP contribution is -2.32. The highest BCUT2D eigenvalue weighted by Gasteiger charge is 2.13. The Morgan fingerprint density at radius 2 is 1.89 bits per heavy atom. The van der Waals surface area contributed by atoms with Gasteiger partial charge in [0.05, 0.1) is 27.7 Å². The van der Waals surface area contributed by atoms with Crippen LogP contribution >= 0.6 is 46.8 Å². The zero-order valence-electron chi connectivity index (χ0n) is 19.2. The van der Waals surface area contributed by atoms with E-state index in [0.717, 1.165) is 0 Å². The number of halogens is 2. The third-order valence-electron chi connectivity index (χ3n) is 4.93. The van der Waals surface area contributed by atoms with Crippen molar-refractivity contribution in [1.82, 2.24) is 5.32 Å². The van der Waals surface area contributed by atoms with Gasteiger partial charge in [-0.05, 0) is 66.1 Å². The molecule has 4 aromatic rings. The quantitative estimate of drug-likeness (QED) is 0.162. The number of furan rings is 1. The molecule has 2 aromatic carbocycles. The number of nitrogens with one attached hydrogen (secondary N) is 3. The number of hydrogen-bond donors (Lipinski definition) is 3. The Balaban J connectivity index is 1.34. The SMILES string of the molecule is COc1cc(NC(=S)NC(=O)C=Cc2ccc(-c3cccc(Cl)c3Cl)o2)ccc1NC(=O)c1cccs1.